The van der Waals surface area contributed by atoms with Gasteiger partial charge in [0, 0.05) is 12.6 Å². The van der Waals surface area contributed by atoms with E-state index in [1.54, 1.807) is 0 Å². The van der Waals surface area contributed by atoms with E-state index in [1.165, 1.54) is 13.2 Å². The number of anilines is 1. The minimum Gasteiger partial charge on any atom is -0.468 e. The number of methoxy groups -OCH3 is 1. The van der Waals surface area contributed by atoms with Crippen LogP contribution in [0.25, 0.3) is 0 Å². The number of alkyl halides is 1. The van der Waals surface area contributed by atoms with Gasteiger partial charge in [-0.15, -0.1) is 0 Å². The van der Waals surface area contributed by atoms with Crippen LogP contribution in [0.2, 0.25) is 0 Å². The van der Waals surface area contributed by atoms with Gasteiger partial charge in [-0.1, -0.05) is 15.9 Å². The molecule has 0 radical (unpaired) electrons. The molecule has 17 heavy (non-hydrogen) atoms. The molecule has 3 nitrogen and oxygen atoms in total. The average Bonchev–Trinajstić information content (AvgIpc) is 2.30. The minimum atomic E-state index is -0.727. The van der Waals surface area contributed by atoms with Gasteiger partial charge in [-0.2, -0.15) is 0 Å². The van der Waals surface area contributed by atoms with Crippen LogP contribution in [0.15, 0.2) is 16.6 Å². The van der Waals surface area contributed by atoms with Crippen molar-refractivity contribution in [1.82, 2.24) is 0 Å². The highest BCUT2D eigenvalue weighted by Crippen LogP contribution is 2.23. The number of rotatable bonds is 4. The Morgan fingerprint density at radius 3 is 2.71 bits per heavy atom. The summed E-state index contributed by atoms with van der Waals surface area (Å²) in [5, 5.41) is 2.68. The Hall–Kier alpha value is -0.690. The number of carbonyl (C=O) groups is 1. The van der Waals surface area contributed by atoms with Crippen molar-refractivity contribution < 1.29 is 18.3 Å². The number of carbonyl (C=O) groups excluding carboxylic acids is 1. The number of hydrogen-bond donors (Lipinski definition) is 1. The highest BCUT2D eigenvalue weighted by atomic mass is 79.9. The number of hydrogen-bond acceptors (Lipinski definition) is 3. The van der Waals surface area contributed by atoms with Crippen molar-refractivity contribution in [2.75, 3.05) is 19.0 Å². The van der Waals surface area contributed by atoms with Gasteiger partial charge < -0.3 is 10.1 Å². The number of benzene rings is 1. The normalized spacial score (nSPS) is 12.1. The van der Waals surface area contributed by atoms with E-state index in [2.05, 4.69) is 41.9 Å². The Labute approximate surface area is 114 Å². The fourth-order valence-electron chi connectivity index (χ4n) is 1.07. The van der Waals surface area contributed by atoms with Crippen LogP contribution in [0.5, 0.6) is 0 Å². The Kier molecular flexibility index (Phi) is 5.32. The molecule has 0 aliphatic carbocycles. The van der Waals surface area contributed by atoms with Gasteiger partial charge in [0.1, 0.15) is 16.5 Å². The van der Waals surface area contributed by atoms with E-state index in [4.69, 9.17) is 0 Å². The van der Waals surface area contributed by atoms with Gasteiger partial charge >= 0.3 is 5.97 Å². The first-order valence-electron chi connectivity index (χ1n) is 4.56. The second kappa shape index (κ2) is 6.30. The van der Waals surface area contributed by atoms with E-state index in [0.29, 0.717) is 0 Å². The molecule has 1 aromatic carbocycles. The van der Waals surface area contributed by atoms with Crippen LogP contribution in [-0.2, 0) is 9.53 Å². The average molecular weight is 373 g/mol. The first-order valence-corrected chi connectivity index (χ1v) is 6.27. The van der Waals surface area contributed by atoms with Gasteiger partial charge in [-0.05, 0) is 22.0 Å². The van der Waals surface area contributed by atoms with Gasteiger partial charge in [0.2, 0.25) is 0 Å². The summed E-state index contributed by atoms with van der Waals surface area (Å²) in [6.07, 6.45) is 0. The van der Waals surface area contributed by atoms with Crippen molar-refractivity contribution in [3.05, 3.63) is 28.2 Å². The number of ether oxygens (including phenoxy) is 1. The lowest BCUT2D eigenvalue weighted by molar-refractivity contribution is -0.139. The van der Waals surface area contributed by atoms with Gasteiger partial charge in [0.05, 0.1) is 17.3 Å². The molecule has 0 amide bonds. The summed E-state index contributed by atoms with van der Waals surface area (Å²) in [5.41, 5.74) is 0.103. The van der Waals surface area contributed by atoms with Crippen molar-refractivity contribution in [2.24, 2.45) is 0 Å². The van der Waals surface area contributed by atoms with Gasteiger partial charge in [-0.25, -0.2) is 8.78 Å². The summed E-state index contributed by atoms with van der Waals surface area (Å²) in [6.45, 7) is 0.127. The molecule has 1 rings (SSSR count). The molecule has 0 aromatic heterocycles. The number of halogens is 4. The zero-order chi connectivity index (χ0) is 13.0. The lowest BCUT2D eigenvalue weighted by atomic mass is 10.3. The third-order valence-electron chi connectivity index (χ3n) is 1.94. The maximum atomic E-state index is 13.3. The van der Waals surface area contributed by atoms with E-state index in [0.717, 1.165) is 6.07 Å². The molecular weight excluding hydrogens is 364 g/mol. The van der Waals surface area contributed by atoms with Crippen molar-refractivity contribution in [2.45, 2.75) is 4.83 Å². The molecule has 0 saturated heterocycles. The predicted octanol–water partition coefficient (Wildman–Crippen LogP) is 3.08. The maximum Gasteiger partial charge on any atom is 0.321 e. The lowest BCUT2D eigenvalue weighted by Gasteiger charge is -2.11. The Balaban J connectivity index is 2.70. The van der Waals surface area contributed by atoms with Crippen LogP contribution >= 0.6 is 31.9 Å². The first-order chi connectivity index (χ1) is 7.95. The molecule has 1 N–H and O–H groups in total. The monoisotopic (exact) mass is 371 g/mol. The molecule has 0 bridgehead atoms. The van der Waals surface area contributed by atoms with Crippen molar-refractivity contribution >= 4 is 43.5 Å². The van der Waals surface area contributed by atoms with Crippen LogP contribution in [0.1, 0.15) is 0 Å². The summed E-state index contributed by atoms with van der Waals surface area (Å²) < 4.78 is 30.9. The molecule has 0 aliphatic heterocycles. The fourth-order valence-corrected chi connectivity index (χ4v) is 1.76. The summed E-state index contributed by atoms with van der Waals surface area (Å²) in [5.74, 6) is -1.88. The molecule has 0 fully saturated rings. The van der Waals surface area contributed by atoms with E-state index in [9.17, 15) is 13.6 Å². The standard InChI is InChI=1S/C10H9Br2F2NO2/c1-17-10(16)6(12)4-15-9-2-5(11)7(13)3-8(9)14/h2-3,6,15H,4H2,1H3. The largest absolute Gasteiger partial charge is 0.468 e. The van der Waals surface area contributed by atoms with Crippen LogP contribution in [-0.4, -0.2) is 24.5 Å². The van der Waals surface area contributed by atoms with Crippen molar-refractivity contribution in [3.8, 4) is 0 Å². The zero-order valence-corrected chi connectivity index (χ0v) is 11.9. The Bertz CT molecular complexity index is 429. The minimum absolute atomic E-state index is 0.103. The van der Waals surface area contributed by atoms with Gasteiger partial charge in [0.25, 0.3) is 0 Å². The first kappa shape index (κ1) is 14.4. The number of nitrogens with one attached hydrogen (secondary N) is 1. The molecule has 94 valence electrons. The van der Waals surface area contributed by atoms with E-state index in [1.807, 2.05) is 0 Å². The molecule has 0 saturated carbocycles. The second-order valence-corrected chi connectivity index (χ2v) is 5.08. The quantitative estimate of drug-likeness (QED) is 0.501. The van der Waals surface area contributed by atoms with E-state index in [-0.39, 0.29) is 16.7 Å². The van der Waals surface area contributed by atoms with Gasteiger partial charge in [-0.3, -0.25) is 4.79 Å². The summed E-state index contributed by atoms with van der Waals surface area (Å²) in [7, 11) is 1.26. The predicted molar refractivity (Wildman–Crippen MR) is 67.3 cm³/mol. The molecular formula is C10H9Br2F2NO2. The molecule has 1 unspecified atom stereocenters. The summed E-state index contributed by atoms with van der Waals surface area (Å²) in [4.78, 5) is 10.5. The summed E-state index contributed by atoms with van der Waals surface area (Å²) in [6, 6.07) is 2.02. The third kappa shape index (κ3) is 3.92. The molecule has 7 heteroatoms. The van der Waals surface area contributed by atoms with E-state index >= 15 is 0 Å². The second-order valence-electron chi connectivity index (χ2n) is 3.12. The number of esters is 1. The van der Waals surface area contributed by atoms with Crippen LogP contribution < -0.4 is 5.32 Å². The van der Waals surface area contributed by atoms with Crippen LogP contribution in [0.4, 0.5) is 14.5 Å². The molecule has 0 spiro atoms. The van der Waals surface area contributed by atoms with Crippen molar-refractivity contribution in [1.29, 1.82) is 0 Å². The molecule has 0 aliphatic rings. The third-order valence-corrected chi connectivity index (χ3v) is 3.24. The fraction of sp³-hybridized carbons (Fsp3) is 0.300. The smallest absolute Gasteiger partial charge is 0.321 e. The SMILES string of the molecule is COC(=O)C(Br)CNc1cc(Br)c(F)cc1F. The topological polar surface area (TPSA) is 38.3 Å². The highest BCUT2D eigenvalue weighted by molar-refractivity contribution is 9.10. The Morgan fingerprint density at radius 1 is 1.47 bits per heavy atom. The zero-order valence-electron chi connectivity index (χ0n) is 8.77. The van der Waals surface area contributed by atoms with E-state index < -0.39 is 22.4 Å². The Morgan fingerprint density at radius 2 is 2.12 bits per heavy atom. The highest BCUT2D eigenvalue weighted by Gasteiger charge is 2.16. The van der Waals surface area contributed by atoms with Gasteiger partial charge in [0.15, 0.2) is 0 Å². The molecule has 1 aromatic rings. The van der Waals surface area contributed by atoms with Crippen LogP contribution in [0.3, 0.4) is 0 Å². The maximum absolute atomic E-state index is 13.3. The van der Waals surface area contributed by atoms with Crippen molar-refractivity contribution in [3.63, 3.8) is 0 Å². The molecule has 1 atom stereocenters. The lowest BCUT2D eigenvalue weighted by Crippen LogP contribution is -2.24. The summed E-state index contributed by atoms with van der Waals surface area (Å²) >= 11 is 6.02. The van der Waals surface area contributed by atoms with Crippen LogP contribution in [0, 0.1) is 11.6 Å². The molecule has 0 heterocycles.